The second-order valence-electron chi connectivity index (χ2n) is 8.14. The van der Waals surface area contributed by atoms with Crippen molar-refractivity contribution in [1.82, 2.24) is 4.57 Å². The molecule has 1 aliphatic heterocycles. The summed E-state index contributed by atoms with van der Waals surface area (Å²) in [6.45, 7) is 0.777. The van der Waals surface area contributed by atoms with Crippen molar-refractivity contribution < 1.29 is 23.3 Å². The molecule has 0 saturated heterocycles. The number of carbonyl (C=O) groups is 2. The summed E-state index contributed by atoms with van der Waals surface area (Å²) in [5.41, 5.74) is 3.29. The molecule has 3 heterocycles. The highest BCUT2D eigenvalue weighted by molar-refractivity contribution is 6.07. The van der Waals surface area contributed by atoms with E-state index in [0.29, 0.717) is 36.2 Å². The molecule has 2 aromatic carbocycles. The smallest absolute Gasteiger partial charge is 0.419 e. The van der Waals surface area contributed by atoms with Crippen molar-refractivity contribution in [2.24, 2.45) is 0 Å². The Hall–Kier alpha value is -4.67. The van der Waals surface area contributed by atoms with Crippen molar-refractivity contribution in [1.29, 1.82) is 0 Å². The van der Waals surface area contributed by atoms with Crippen molar-refractivity contribution >= 4 is 40.0 Å². The van der Waals surface area contributed by atoms with Crippen LogP contribution in [-0.2, 0) is 17.8 Å². The predicted octanol–water partition coefficient (Wildman–Crippen LogP) is 3.72. The van der Waals surface area contributed by atoms with Gasteiger partial charge >= 0.3 is 5.76 Å². The average molecular weight is 476 g/mol. The van der Waals surface area contributed by atoms with Gasteiger partial charge in [-0.05, 0) is 48.7 Å². The lowest BCUT2D eigenvalue weighted by Gasteiger charge is -2.16. The summed E-state index contributed by atoms with van der Waals surface area (Å²) >= 11 is 0. The molecule has 0 unspecified atom stereocenters. The van der Waals surface area contributed by atoms with Crippen LogP contribution in [0.3, 0.4) is 0 Å². The van der Waals surface area contributed by atoms with E-state index in [1.165, 1.54) is 35.3 Å². The van der Waals surface area contributed by atoms with E-state index in [1.807, 2.05) is 12.1 Å². The van der Waals surface area contributed by atoms with Crippen molar-refractivity contribution in [3.8, 4) is 0 Å². The number of rotatable bonds is 7. The summed E-state index contributed by atoms with van der Waals surface area (Å²) in [5.74, 6) is -0.981. The number of nitro groups is 1. The number of anilines is 2. The molecular formula is C24H20N4O7. The number of fused-ring (bicyclic) bond motifs is 2. The van der Waals surface area contributed by atoms with Crippen LogP contribution in [0.5, 0.6) is 0 Å². The van der Waals surface area contributed by atoms with Crippen molar-refractivity contribution in [2.75, 3.05) is 16.8 Å². The number of hydrogen-bond donors (Lipinski definition) is 1. The number of aryl methyl sites for hydroxylation is 1. The lowest BCUT2D eigenvalue weighted by molar-refractivity contribution is -0.384. The van der Waals surface area contributed by atoms with Gasteiger partial charge < -0.3 is 19.1 Å². The molecule has 0 radical (unpaired) electrons. The van der Waals surface area contributed by atoms with Gasteiger partial charge in [-0.1, -0.05) is 0 Å². The van der Waals surface area contributed by atoms with Gasteiger partial charge in [0.25, 0.3) is 11.6 Å². The molecule has 0 bridgehead atoms. The Bertz CT molecular complexity index is 1500. The maximum absolute atomic E-state index is 12.6. The van der Waals surface area contributed by atoms with E-state index >= 15 is 0 Å². The van der Waals surface area contributed by atoms with Crippen LogP contribution in [0.2, 0.25) is 0 Å². The third-order valence-corrected chi connectivity index (χ3v) is 5.92. The molecule has 11 heteroatoms. The molecule has 1 N–H and O–H groups in total. The monoisotopic (exact) mass is 476 g/mol. The Morgan fingerprint density at radius 3 is 2.77 bits per heavy atom. The van der Waals surface area contributed by atoms with E-state index in [4.69, 9.17) is 8.83 Å². The fraction of sp³-hybridized carbons (Fsp3) is 0.208. The van der Waals surface area contributed by atoms with Crippen LogP contribution in [0.1, 0.15) is 28.8 Å². The van der Waals surface area contributed by atoms with Gasteiger partial charge in [-0.3, -0.25) is 24.3 Å². The Balaban J connectivity index is 1.19. The molecular weight excluding hydrogens is 456 g/mol. The van der Waals surface area contributed by atoms with Crippen LogP contribution < -0.4 is 16.0 Å². The van der Waals surface area contributed by atoms with Crippen LogP contribution in [0, 0.1) is 10.1 Å². The first kappa shape index (κ1) is 22.1. The van der Waals surface area contributed by atoms with E-state index in [2.05, 4.69) is 5.32 Å². The van der Waals surface area contributed by atoms with Crippen molar-refractivity contribution in [2.45, 2.75) is 25.8 Å². The highest BCUT2D eigenvalue weighted by atomic mass is 16.6. The highest BCUT2D eigenvalue weighted by Crippen LogP contribution is 2.32. The van der Waals surface area contributed by atoms with Gasteiger partial charge in [-0.2, -0.15) is 0 Å². The van der Waals surface area contributed by atoms with Crippen molar-refractivity contribution in [3.05, 3.63) is 86.8 Å². The number of aromatic nitrogens is 1. The second kappa shape index (κ2) is 8.93. The number of nitro benzene ring substituents is 1. The highest BCUT2D eigenvalue weighted by Gasteiger charge is 2.26. The third-order valence-electron chi connectivity index (χ3n) is 5.92. The van der Waals surface area contributed by atoms with E-state index < -0.39 is 10.7 Å². The summed E-state index contributed by atoms with van der Waals surface area (Å²) < 4.78 is 11.5. The number of benzene rings is 2. The SMILES string of the molecule is O=C(CCCn1c(=O)oc2cc([N+](=O)[O-])ccc21)Nc1ccc2c(c1)CCN2C(=O)c1ccoc1. The van der Waals surface area contributed by atoms with Crippen LogP contribution >= 0.6 is 0 Å². The number of nitrogens with one attached hydrogen (secondary N) is 1. The van der Waals surface area contributed by atoms with Gasteiger partial charge in [0.1, 0.15) is 6.26 Å². The zero-order chi connectivity index (χ0) is 24.5. The Labute approximate surface area is 197 Å². The third kappa shape index (κ3) is 4.31. The molecule has 0 saturated carbocycles. The predicted molar refractivity (Wildman–Crippen MR) is 126 cm³/mol. The summed E-state index contributed by atoms with van der Waals surface area (Å²) in [6, 6.07) is 11.0. The van der Waals surface area contributed by atoms with E-state index in [1.54, 1.807) is 17.0 Å². The molecule has 35 heavy (non-hydrogen) atoms. The van der Waals surface area contributed by atoms with Crippen LogP contribution in [0.25, 0.3) is 11.1 Å². The number of nitrogens with zero attached hydrogens (tertiary/aromatic N) is 3. The number of hydrogen-bond acceptors (Lipinski definition) is 7. The first-order valence-corrected chi connectivity index (χ1v) is 11.0. The maximum Gasteiger partial charge on any atom is 0.419 e. The zero-order valence-corrected chi connectivity index (χ0v) is 18.4. The summed E-state index contributed by atoms with van der Waals surface area (Å²) in [7, 11) is 0. The zero-order valence-electron chi connectivity index (χ0n) is 18.4. The number of amides is 2. The summed E-state index contributed by atoms with van der Waals surface area (Å²) in [5, 5.41) is 13.8. The standard InChI is InChI=1S/C24H20N4O7/c29-22(2-1-9-27-20-6-4-18(28(32)33)13-21(20)35-24(27)31)25-17-3-5-19-15(12-17)7-10-26(19)23(30)16-8-11-34-14-16/h3-6,8,11-14H,1-2,7,9-10H2,(H,25,29). The molecule has 11 nitrogen and oxygen atoms in total. The van der Waals surface area contributed by atoms with Gasteiger partial charge in [0, 0.05) is 37.0 Å². The molecule has 1 aliphatic rings. The van der Waals surface area contributed by atoms with Crippen LogP contribution in [0.4, 0.5) is 17.1 Å². The minimum Gasteiger partial charge on any atom is -0.472 e. The average Bonchev–Trinajstić information content (AvgIpc) is 3.57. The van der Waals surface area contributed by atoms with Gasteiger partial charge in [-0.15, -0.1) is 0 Å². The molecule has 2 aromatic heterocycles. The van der Waals surface area contributed by atoms with Crippen LogP contribution in [0.15, 0.2) is 68.6 Å². The van der Waals surface area contributed by atoms with Crippen LogP contribution in [-0.4, -0.2) is 27.8 Å². The number of carbonyl (C=O) groups excluding carboxylic acids is 2. The molecule has 178 valence electrons. The van der Waals surface area contributed by atoms with Gasteiger partial charge in [0.2, 0.25) is 5.91 Å². The first-order chi connectivity index (χ1) is 16.9. The lowest BCUT2D eigenvalue weighted by atomic mass is 10.1. The number of furan rings is 1. The number of oxazole rings is 1. The lowest BCUT2D eigenvalue weighted by Crippen LogP contribution is -2.28. The normalized spacial score (nSPS) is 12.6. The van der Waals surface area contributed by atoms with Gasteiger partial charge in [-0.25, -0.2) is 4.79 Å². The maximum atomic E-state index is 12.6. The minimum atomic E-state index is -0.631. The van der Waals surface area contributed by atoms with Gasteiger partial charge in [0.15, 0.2) is 5.58 Å². The molecule has 0 atom stereocenters. The fourth-order valence-corrected chi connectivity index (χ4v) is 4.23. The van der Waals surface area contributed by atoms with E-state index in [-0.39, 0.29) is 36.1 Å². The molecule has 0 fully saturated rings. The molecule has 5 rings (SSSR count). The molecule has 0 spiro atoms. The summed E-state index contributed by atoms with van der Waals surface area (Å²) in [4.78, 5) is 49.3. The molecule has 0 aliphatic carbocycles. The first-order valence-electron chi connectivity index (χ1n) is 11.0. The van der Waals surface area contributed by atoms with Gasteiger partial charge in [0.05, 0.1) is 28.3 Å². The van der Waals surface area contributed by atoms with E-state index in [0.717, 1.165) is 11.3 Å². The Morgan fingerprint density at radius 2 is 2.00 bits per heavy atom. The van der Waals surface area contributed by atoms with E-state index in [9.17, 15) is 24.5 Å². The fourth-order valence-electron chi connectivity index (χ4n) is 4.23. The van der Waals surface area contributed by atoms with Crippen molar-refractivity contribution in [3.63, 3.8) is 0 Å². The molecule has 2 amide bonds. The Kier molecular flexibility index (Phi) is 5.65. The largest absolute Gasteiger partial charge is 0.472 e. The Morgan fingerprint density at radius 1 is 1.14 bits per heavy atom. The quantitative estimate of drug-likeness (QED) is 0.316. The minimum absolute atomic E-state index is 0.132. The molecule has 4 aromatic rings. The summed E-state index contributed by atoms with van der Waals surface area (Å²) in [6.07, 6.45) is 4.08. The topological polar surface area (TPSA) is 141 Å². The second-order valence-corrected chi connectivity index (χ2v) is 8.14. The number of non-ortho nitro benzene ring substituents is 1.